The van der Waals surface area contributed by atoms with Crippen molar-refractivity contribution < 1.29 is 68.8 Å². The summed E-state index contributed by atoms with van der Waals surface area (Å²) in [5, 5.41) is 0. The number of rotatable bonds is 0. The van der Waals surface area contributed by atoms with Gasteiger partial charge in [0.15, 0.2) is 0 Å². The average molecular weight is 167 g/mol. The van der Waals surface area contributed by atoms with E-state index in [0.29, 0.717) is 0 Å². The molecule has 0 radical (unpaired) electrons. The SMILES string of the molecule is O=S(=O)([O-])[O-].[Na+].[Ti+2]. The zero-order valence-electron chi connectivity index (χ0n) is 3.54. The Labute approximate surface area is 78.4 Å². The Bertz CT molecular complexity index is 94.9. The Morgan fingerprint density at radius 3 is 1.14 bits per heavy atom. The van der Waals surface area contributed by atoms with Crippen LogP contribution in [0.5, 0.6) is 0 Å². The Morgan fingerprint density at radius 2 is 1.14 bits per heavy atom. The van der Waals surface area contributed by atoms with Gasteiger partial charge < -0.3 is 9.11 Å². The van der Waals surface area contributed by atoms with Crippen molar-refractivity contribution in [1.29, 1.82) is 0 Å². The summed E-state index contributed by atoms with van der Waals surface area (Å²) in [5.74, 6) is 0. The van der Waals surface area contributed by atoms with E-state index in [4.69, 9.17) is 17.5 Å². The monoisotopic (exact) mass is 167 g/mol. The molecule has 0 aliphatic rings. The summed E-state index contributed by atoms with van der Waals surface area (Å²) in [6.45, 7) is 0. The first-order valence-corrected chi connectivity index (χ1v) is 2.00. The van der Waals surface area contributed by atoms with Gasteiger partial charge >= 0.3 is 51.3 Å². The van der Waals surface area contributed by atoms with Crippen molar-refractivity contribution in [2.75, 3.05) is 0 Å². The number of hydrogen-bond acceptors (Lipinski definition) is 4. The van der Waals surface area contributed by atoms with Crippen LogP contribution in [0.2, 0.25) is 0 Å². The predicted molar refractivity (Wildman–Crippen MR) is 10.5 cm³/mol. The summed E-state index contributed by atoms with van der Waals surface area (Å²) < 4.78 is 34.1. The maximum atomic E-state index is 8.52. The Morgan fingerprint density at radius 1 is 1.14 bits per heavy atom. The van der Waals surface area contributed by atoms with Crippen LogP contribution in [0.1, 0.15) is 0 Å². The average Bonchev–Trinajstić information content (AvgIpc) is 0.722. The molecule has 4 nitrogen and oxygen atoms in total. The topological polar surface area (TPSA) is 80.3 Å². The zero-order chi connectivity index (χ0) is 4.50. The molecule has 0 spiro atoms. The van der Waals surface area contributed by atoms with Crippen LogP contribution in [0.4, 0.5) is 0 Å². The van der Waals surface area contributed by atoms with Crippen molar-refractivity contribution in [1.82, 2.24) is 0 Å². The Kier molecular flexibility index (Phi) is 12.9. The molecule has 0 bridgehead atoms. The minimum atomic E-state index is -5.17. The molecule has 0 aromatic carbocycles. The first-order chi connectivity index (χ1) is 2.00. The van der Waals surface area contributed by atoms with Gasteiger partial charge in [-0.1, -0.05) is 0 Å². The zero-order valence-corrected chi connectivity index (χ0v) is 7.92. The van der Waals surface area contributed by atoms with Crippen LogP contribution in [0.15, 0.2) is 0 Å². The van der Waals surface area contributed by atoms with Crippen molar-refractivity contribution in [2.45, 2.75) is 0 Å². The summed E-state index contributed by atoms with van der Waals surface area (Å²) in [6.07, 6.45) is 0. The molecule has 0 aliphatic heterocycles. The number of hydrogen-bond donors (Lipinski definition) is 0. The van der Waals surface area contributed by atoms with E-state index >= 15 is 0 Å². The fraction of sp³-hybridized carbons (Fsp3) is 0. The molecule has 0 aromatic rings. The van der Waals surface area contributed by atoms with Crippen molar-refractivity contribution in [3.8, 4) is 0 Å². The fourth-order valence-corrected chi connectivity index (χ4v) is 0. The van der Waals surface area contributed by atoms with Gasteiger partial charge in [0.05, 0.1) is 0 Å². The summed E-state index contributed by atoms with van der Waals surface area (Å²) >= 11 is 0. The Hall–Kier alpha value is 1.58. The van der Waals surface area contributed by atoms with E-state index in [0.717, 1.165) is 0 Å². The molecule has 7 heteroatoms. The first-order valence-electron chi connectivity index (χ1n) is 0.667. The van der Waals surface area contributed by atoms with Gasteiger partial charge in [0.2, 0.25) is 0 Å². The molecule has 0 unspecified atom stereocenters. The molecule has 34 valence electrons. The van der Waals surface area contributed by atoms with E-state index in [9.17, 15) is 0 Å². The molecule has 0 rings (SSSR count). The minimum Gasteiger partial charge on any atom is -0.759 e. The van der Waals surface area contributed by atoms with Gasteiger partial charge in [0.1, 0.15) is 0 Å². The molecule has 0 aromatic heterocycles. The molecule has 0 heterocycles. The third-order valence-electron chi connectivity index (χ3n) is 0. The molecular formula is NaO4STi+. The molecule has 0 atom stereocenters. The maximum Gasteiger partial charge on any atom is 2.00 e. The van der Waals surface area contributed by atoms with Gasteiger partial charge in [0.25, 0.3) is 0 Å². The van der Waals surface area contributed by atoms with Gasteiger partial charge in [-0.3, -0.25) is 8.42 Å². The second kappa shape index (κ2) is 5.72. The van der Waals surface area contributed by atoms with Gasteiger partial charge in [0, 0.05) is 10.4 Å². The quantitative estimate of drug-likeness (QED) is 0.207. The third-order valence-corrected chi connectivity index (χ3v) is 0. The van der Waals surface area contributed by atoms with Crippen LogP contribution in [0.3, 0.4) is 0 Å². The normalized spacial score (nSPS) is 8.29. The van der Waals surface area contributed by atoms with Crippen molar-refractivity contribution in [3.05, 3.63) is 0 Å². The largest absolute Gasteiger partial charge is 2.00 e. The van der Waals surface area contributed by atoms with E-state index in [-0.39, 0.29) is 51.3 Å². The van der Waals surface area contributed by atoms with Crippen molar-refractivity contribution in [3.63, 3.8) is 0 Å². The van der Waals surface area contributed by atoms with Gasteiger partial charge in [-0.15, -0.1) is 0 Å². The first kappa shape index (κ1) is 15.8. The summed E-state index contributed by atoms with van der Waals surface area (Å²) in [4.78, 5) is 0. The molecule has 0 fully saturated rings. The molecule has 0 amide bonds. The molecule has 0 saturated heterocycles. The van der Waals surface area contributed by atoms with Crippen molar-refractivity contribution >= 4 is 10.4 Å². The van der Waals surface area contributed by atoms with E-state index in [2.05, 4.69) is 0 Å². The van der Waals surface area contributed by atoms with E-state index < -0.39 is 10.4 Å². The van der Waals surface area contributed by atoms with Crippen LogP contribution in [-0.4, -0.2) is 17.5 Å². The van der Waals surface area contributed by atoms with Gasteiger partial charge in [-0.05, 0) is 0 Å². The fourth-order valence-electron chi connectivity index (χ4n) is 0. The molecule has 0 saturated carbocycles. The van der Waals surface area contributed by atoms with Crippen LogP contribution >= 0.6 is 0 Å². The molecule has 0 N–H and O–H groups in total. The van der Waals surface area contributed by atoms with Gasteiger partial charge in [-0.25, -0.2) is 0 Å². The van der Waals surface area contributed by atoms with Crippen LogP contribution in [0, 0.1) is 0 Å². The summed E-state index contributed by atoms with van der Waals surface area (Å²) in [7, 11) is -5.17. The summed E-state index contributed by atoms with van der Waals surface area (Å²) in [6, 6.07) is 0. The van der Waals surface area contributed by atoms with E-state index in [1.165, 1.54) is 0 Å². The minimum absolute atomic E-state index is 0. The van der Waals surface area contributed by atoms with Crippen molar-refractivity contribution in [2.24, 2.45) is 0 Å². The maximum absolute atomic E-state index is 8.52. The smallest absolute Gasteiger partial charge is 0.759 e. The standard InChI is InChI=1S/Na.H2O4S.Ti/c;1-5(2,3)4;/h;(H2,1,2,3,4);/q+1;;+2/p-2. The Balaban J connectivity index is -0.0000000800. The van der Waals surface area contributed by atoms with Crippen LogP contribution in [-0.2, 0) is 32.1 Å². The van der Waals surface area contributed by atoms with Gasteiger partial charge in [-0.2, -0.15) is 0 Å². The second-order valence-electron chi connectivity index (χ2n) is 0.408. The van der Waals surface area contributed by atoms with Crippen LogP contribution in [0.25, 0.3) is 0 Å². The molecule has 7 heavy (non-hydrogen) atoms. The van der Waals surface area contributed by atoms with E-state index in [1.54, 1.807) is 0 Å². The predicted octanol–water partition coefficient (Wildman–Crippen LogP) is -4.34. The molecule has 0 aliphatic carbocycles. The van der Waals surface area contributed by atoms with Crippen LogP contribution < -0.4 is 29.6 Å². The second-order valence-corrected chi connectivity index (χ2v) is 1.22. The van der Waals surface area contributed by atoms with E-state index in [1.807, 2.05) is 0 Å². The summed E-state index contributed by atoms with van der Waals surface area (Å²) in [5.41, 5.74) is 0. The third kappa shape index (κ3) is 94.2. The molecular weight excluding hydrogens is 167 g/mol.